The second-order valence-corrected chi connectivity index (χ2v) is 11.7. The molecule has 0 amide bonds. The van der Waals surface area contributed by atoms with Crippen LogP contribution < -0.4 is 0 Å². The molecule has 0 aliphatic heterocycles. The molecule has 0 saturated carbocycles. The molecule has 0 bridgehead atoms. The summed E-state index contributed by atoms with van der Waals surface area (Å²) in [5.41, 5.74) is 0. The van der Waals surface area contributed by atoms with Gasteiger partial charge in [0.25, 0.3) is 0 Å². The standard InChI is InChI=1S/C32H65/c1-6-7-8-9-10-11-14-17-20-23-26-31(4)28-29-32(5)27-24-21-18-15-12-13-16-19-22-25-30(2)3/h30-32H,5-29H2,1-4H3. The Hall–Kier alpha value is 0. The van der Waals surface area contributed by atoms with Gasteiger partial charge in [0.2, 0.25) is 0 Å². The minimum Gasteiger partial charge on any atom is -0.0654 e. The van der Waals surface area contributed by atoms with Crippen molar-refractivity contribution in [2.24, 2.45) is 17.8 Å². The first-order valence-electron chi connectivity index (χ1n) is 15.4. The summed E-state index contributed by atoms with van der Waals surface area (Å²) in [6.45, 7) is 13.9. The summed E-state index contributed by atoms with van der Waals surface area (Å²) in [4.78, 5) is 0. The highest BCUT2D eigenvalue weighted by Gasteiger charge is 2.07. The third kappa shape index (κ3) is 26.3. The minimum absolute atomic E-state index is 0.700. The van der Waals surface area contributed by atoms with Crippen LogP contribution in [-0.4, -0.2) is 0 Å². The molecule has 0 nitrogen and oxygen atoms in total. The van der Waals surface area contributed by atoms with E-state index in [1.807, 2.05) is 0 Å². The van der Waals surface area contributed by atoms with Gasteiger partial charge in [-0.3, -0.25) is 0 Å². The summed E-state index contributed by atoms with van der Waals surface area (Å²) in [6.07, 6.45) is 34.6. The minimum atomic E-state index is 0.700. The van der Waals surface area contributed by atoms with Gasteiger partial charge >= 0.3 is 0 Å². The highest BCUT2D eigenvalue weighted by Crippen LogP contribution is 2.22. The smallest absolute Gasteiger partial charge is 0.0414 e. The Kier molecular flexibility index (Phi) is 25.6. The van der Waals surface area contributed by atoms with Gasteiger partial charge in [-0.05, 0) is 17.8 Å². The van der Waals surface area contributed by atoms with E-state index in [4.69, 9.17) is 0 Å². The maximum absolute atomic E-state index is 4.45. The SMILES string of the molecule is [CH2]C(CCCCCCCCCCCC(C)C)CCC(C)CCCCCCCCCCCC. The van der Waals surface area contributed by atoms with Gasteiger partial charge in [-0.1, -0.05) is 189 Å². The molecular weight excluding hydrogens is 384 g/mol. The second-order valence-electron chi connectivity index (χ2n) is 11.7. The zero-order valence-corrected chi connectivity index (χ0v) is 23.4. The third-order valence-electron chi connectivity index (χ3n) is 7.51. The summed E-state index contributed by atoms with van der Waals surface area (Å²) in [7, 11) is 0. The van der Waals surface area contributed by atoms with Crippen LogP contribution in [0, 0.1) is 24.7 Å². The van der Waals surface area contributed by atoms with Crippen molar-refractivity contribution >= 4 is 0 Å². The Morgan fingerprint density at radius 2 is 0.781 bits per heavy atom. The molecule has 2 unspecified atom stereocenters. The number of rotatable bonds is 26. The van der Waals surface area contributed by atoms with Gasteiger partial charge in [-0.15, -0.1) is 0 Å². The molecule has 0 aromatic rings. The highest BCUT2D eigenvalue weighted by atomic mass is 14.1. The van der Waals surface area contributed by atoms with Crippen LogP contribution >= 0.6 is 0 Å². The van der Waals surface area contributed by atoms with Crippen molar-refractivity contribution in [1.29, 1.82) is 0 Å². The van der Waals surface area contributed by atoms with Gasteiger partial charge in [0, 0.05) is 0 Å². The van der Waals surface area contributed by atoms with E-state index in [1.165, 1.54) is 154 Å². The molecule has 32 heavy (non-hydrogen) atoms. The van der Waals surface area contributed by atoms with Crippen molar-refractivity contribution < 1.29 is 0 Å². The summed E-state index contributed by atoms with van der Waals surface area (Å²) in [5, 5.41) is 0. The fourth-order valence-electron chi connectivity index (χ4n) is 5.01. The molecule has 0 aliphatic rings. The Morgan fingerprint density at radius 3 is 1.22 bits per heavy atom. The Morgan fingerprint density at radius 1 is 0.406 bits per heavy atom. The lowest BCUT2D eigenvalue weighted by Gasteiger charge is -2.15. The quantitative estimate of drug-likeness (QED) is 0.115. The predicted molar refractivity (Wildman–Crippen MR) is 149 cm³/mol. The number of unbranched alkanes of at least 4 members (excludes halogenated alkanes) is 17. The average Bonchev–Trinajstić information content (AvgIpc) is 2.77. The van der Waals surface area contributed by atoms with Crippen LogP contribution in [0.5, 0.6) is 0 Å². The van der Waals surface area contributed by atoms with Crippen LogP contribution in [0.1, 0.15) is 182 Å². The summed E-state index contributed by atoms with van der Waals surface area (Å²) >= 11 is 0. The van der Waals surface area contributed by atoms with Gasteiger partial charge in [0.1, 0.15) is 0 Å². The van der Waals surface area contributed by atoms with Crippen LogP contribution in [0.2, 0.25) is 0 Å². The molecule has 0 spiro atoms. The molecule has 1 radical (unpaired) electrons. The molecule has 0 N–H and O–H groups in total. The largest absolute Gasteiger partial charge is 0.0654 e. The molecule has 0 fully saturated rings. The highest BCUT2D eigenvalue weighted by molar-refractivity contribution is 4.65. The fraction of sp³-hybridized carbons (Fsp3) is 0.969. The number of hydrogen-bond donors (Lipinski definition) is 0. The summed E-state index contributed by atoms with van der Waals surface area (Å²) in [5.74, 6) is 2.50. The van der Waals surface area contributed by atoms with Crippen LogP contribution in [-0.2, 0) is 0 Å². The normalized spacial score (nSPS) is 13.7. The average molecular weight is 450 g/mol. The maximum Gasteiger partial charge on any atom is -0.0414 e. The molecular formula is C32H65. The van der Waals surface area contributed by atoms with Crippen LogP contribution in [0.25, 0.3) is 0 Å². The van der Waals surface area contributed by atoms with Crippen molar-refractivity contribution in [2.75, 3.05) is 0 Å². The predicted octanol–water partition coefficient (Wildman–Crippen LogP) is 12.1. The first-order valence-corrected chi connectivity index (χ1v) is 15.4. The van der Waals surface area contributed by atoms with E-state index in [9.17, 15) is 0 Å². The molecule has 0 saturated heterocycles. The van der Waals surface area contributed by atoms with Crippen molar-refractivity contribution in [1.82, 2.24) is 0 Å². The van der Waals surface area contributed by atoms with E-state index in [2.05, 4.69) is 34.6 Å². The van der Waals surface area contributed by atoms with Gasteiger partial charge in [-0.2, -0.15) is 0 Å². The van der Waals surface area contributed by atoms with E-state index in [0.717, 1.165) is 11.8 Å². The van der Waals surface area contributed by atoms with E-state index in [-0.39, 0.29) is 0 Å². The Labute approximate surface area is 206 Å². The first-order chi connectivity index (χ1) is 15.6. The Balaban J connectivity index is 3.29. The first kappa shape index (κ1) is 32.0. The topological polar surface area (TPSA) is 0 Å². The molecule has 0 aromatic carbocycles. The Bertz CT molecular complexity index is 331. The van der Waals surface area contributed by atoms with E-state index in [1.54, 1.807) is 0 Å². The molecule has 2 atom stereocenters. The molecule has 0 heteroatoms. The van der Waals surface area contributed by atoms with Gasteiger partial charge in [-0.25, -0.2) is 0 Å². The zero-order chi connectivity index (χ0) is 23.7. The zero-order valence-electron chi connectivity index (χ0n) is 23.4. The van der Waals surface area contributed by atoms with Crippen LogP contribution in [0.3, 0.4) is 0 Å². The van der Waals surface area contributed by atoms with Crippen LogP contribution in [0.4, 0.5) is 0 Å². The van der Waals surface area contributed by atoms with Crippen molar-refractivity contribution in [3.8, 4) is 0 Å². The van der Waals surface area contributed by atoms with Gasteiger partial charge < -0.3 is 0 Å². The second kappa shape index (κ2) is 25.6. The molecule has 193 valence electrons. The third-order valence-corrected chi connectivity index (χ3v) is 7.51. The molecule has 0 aliphatic carbocycles. The molecule has 0 rings (SSSR count). The lowest BCUT2D eigenvalue weighted by molar-refractivity contribution is 0.395. The van der Waals surface area contributed by atoms with E-state index >= 15 is 0 Å². The van der Waals surface area contributed by atoms with E-state index in [0.29, 0.717) is 5.92 Å². The summed E-state index contributed by atoms with van der Waals surface area (Å²) < 4.78 is 0. The van der Waals surface area contributed by atoms with Crippen LogP contribution in [0.15, 0.2) is 0 Å². The van der Waals surface area contributed by atoms with E-state index < -0.39 is 0 Å². The monoisotopic (exact) mass is 450 g/mol. The van der Waals surface area contributed by atoms with Gasteiger partial charge in [0.15, 0.2) is 0 Å². The lowest BCUT2D eigenvalue weighted by Crippen LogP contribution is -2.01. The van der Waals surface area contributed by atoms with Crippen molar-refractivity contribution in [3.05, 3.63) is 6.92 Å². The van der Waals surface area contributed by atoms with Crippen molar-refractivity contribution in [3.63, 3.8) is 0 Å². The maximum atomic E-state index is 4.45. The lowest BCUT2D eigenvalue weighted by atomic mass is 9.91. The molecule has 0 heterocycles. The fourth-order valence-corrected chi connectivity index (χ4v) is 5.01. The van der Waals surface area contributed by atoms with Crippen molar-refractivity contribution in [2.45, 2.75) is 182 Å². The molecule has 0 aromatic heterocycles. The summed E-state index contributed by atoms with van der Waals surface area (Å²) in [6, 6.07) is 0. The number of hydrogen-bond acceptors (Lipinski definition) is 0. The van der Waals surface area contributed by atoms with Gasteiger partial charge in [0.05, 0.1) is 0 Å².